The average molecular weight is 377 g/mol. The van der Waals surface area contributed by atoms with Crippen LogP contribution in [0.2, 0.25) is 0 Å². The van der Waals surface area contributed by atoms with Gasteiger partial charge in [0.15, 0.2) is 0 Å². The number of hydrogen-bond acceptors (Lipinski definition) is 5. The van der Waals surface area contributed by atoms with E-state index in [1.165, 1.54) is 42.9 Å². The average Bonchev–Trinajstić information content (AvgIpc) is 3.24. The molecule has 0 unspecified atom stereocenters. The molecular formula is C21H20FN5O. The van der Waals surface area contributed by atoms with Crippen molar-refractivity contribution in [2.45, 2.75) is 12.8 Å². The van der Waals surface area contributed by atoms with Crippen LogP contribution in [0, 0.1) is 5.82 Å². The van der Waals surface area contributed by atoms with E-state index in [1.807, 2.05) is 24.3 Å². The van der Waals surface area contributed by atoms with Gasteiger partial charge >= 0.3 is 0 Å². The maximum Gasteiger partial charge on any atom is 0.274 e. The highest BCUT2D eigenvalue weighted by molar-refractivity contribution is 6.03. The number of anilines is 4. The Morgan fingerprint density at radius 1 is 1.00 bits per heavy atom. The van der Waals surface area contributed by atoms with Crippen molar-refractivity contribution in [3.63, 3.8) is 0 Å². The molecule has 0 aliphatic carbocycles. The fourth-order valence-electron chi connectivity index (χ4n) is 3.17. The van der Waals surface area contributed by atoms with Gasteiger partial charge in [0.25, 0.3) is 5.91 Å². The molecule has 6 nitrogen and oxygen atoms in total. The number of nitrogens with zero attached hydrogens (tertiary/aromatic N) is 3. The molecule has 0 atom stereocenters. The molecule has 4 rings (SSSR count). The normalized spacial score (nSPS) is 13.4. The molecule has 2 N–H and O–H groups in total. The van der Waals surface area contributed by atoms with Gasteiger partial charge < -0.3 is 15.5 Å². The lowest BCUT2D eigenvalue weighted by atomic mass is 10.2. The van der Waals surface area contributed by atoms with Gasteiger partial charge in [-0.05, 0) is 61.4 Å². The molecule has 1 aromatic heterocycles. The largest absolute Gasteiger partial charge is 0.372 e. The summed E-state index contributed by atoms with van der Waals surface area (Å²) in [6.07, 6.45) is 3.93. The monoisotopic (exact) mass is 377 g/mol. The van der Waals surface area contributed by atoms with Crippen molar-refractivity contribution in [1.29, 1.82) is 0 Å². The Hall–Kier alpha value is -3.48. The predicted octanol–water partition coefficient (Wildman–Crippen LogP) is 4.21. The van der Waals surface area contributed by atoms with E-state index < -0.39 is 0 Å². The van der Waals surface area contributed by atoms with Crippen LogP contribution in [0.3, 0.4) is 0 Å². The Morgan fingerprint density at radius 3 is 2.54 bits per heavy atom. The van der Waals surface area contributed by atoms with Crippen molar-refractivity contribution in [1.82, 2.24) is 9.97 Å². The Bertz CT molecular complexity index is 971. The van der Waals surface area contributed by atoms with E-state index in [4.69, 9.17) is 0 Å². The van der Waals surface area contributed by atoms with Gasteiger partial charge in [0, 0.05) is 36.3 Å². The highest BCUT2D eigenvalue weighted by Crippen LogP contribution is 2.22. The van der Waals surface area contributed by atoms with Gasteiger partial charge in [-0.25, -0.2) is 14.4 Å². The molecule has 28 heavy (non-hydrogen) atoms. The van der Waals surface area contributed by atoms with Gasteiger partial charge in [-0.15, -0.1) is 0 Å². The minimum atomic E-state index is -0.365. The summed E-state index contributed by atoms with van der Waals surface area (Å²) in [5.74, 6) is -0.475. The second kappa shape index (κ2) is 8.04. The first kappa shape index (κ1) is 17.9. The maximum absolute atomic E-state index is 13.3. The number of nitrogens with one attached hydrogen (secondary N) is 2. The number of carbonyl (C=O) groups excluding carboxylic acids is 1. The summed E-state index contributed by atoms with van der Waals surface area (Å²) in [6.45, 7) is 2.15. The van der Waals surface area contributed by atoms with Crippen molar-refractivity contribution in [3.05, 3.63) is 72.3 Å². The second-order valence-corrected chi connectivity index (χ2v) is 6.60. The molecule has 3 aromatic rings. The molecule has 0 spiro atoms. The van der Waals surface area contributed by atoms with Gasteiger partial charge in [0.05, 0.1) is 0 Å². The van der Waals surface area contributed by atoms with E-state index in [2.05, 4.69) is 25.5 Å². The highest BCUT2D eigenvalue weighted by Gasteiger charge is 2.13. The third kappa shape index (κ3) is 4.25. The van der Waals surface area contributed by atoms with Gasteiger partial charge in [0.1, 0.15) is 11.5 Å². The minimum absolute atomic E-state index is 0.220. The van der Waals surface area contributed by atoms with E-state index in [1.54, 1.807) is 12.1 Å². The zero-order valence-electron chi connectivity index (χ0n) is 15.2. The zero-order valence-corrected chi connectivity index (χ0v) is 15.2. The molecule has 2 aromatic carbocycles. The third-order valence-corrected chi connectivity index (χ3v) is 4.57. The summed E-state index contributed by atoms with van der Waals surface area (Å²) in [6, 6.07) is 15.3. The van der Waals surface area contributed by atoms with Crippen LogP contribution in [-0.4, -0.2) is 29.0 Å². The third-order valence-electron chi connectivity index (χ3n) is 4.57. The lowest BCUT2D eigenvalue weighted by molar-refractivity contribution is 0.102. The fourth-order valence-corrected chi connectivity index (χ4v) is 3.17. The first-order valence-corrected chi connectivity index (χ1v) is 9.19. The van der Waals surface area contributed by atoms with Crippen LogP contribution in [0.15, 0.2) is 60.8 Å². The van der Waals surface area contributed by atoms with E-state index >= 15 is 0 Å². The van der Waals surface area contributed by atoms with Crippen molar-refractivity contribution >= 4 is 28.9 Å². The van der Waals surface area contributed by atoms with Crippen molar-refractivity contribution in [2.75, 3.05) is 28.6 Å². The molecule has 1 aliphatic rings. The molecular weight excluding hydrogens is 357 g/mol. The maximum atomic E-state index is 13.3. The van der Waals surface area contributed by atoms with Crippen LogP contribution in [-0.2, 0) is 0 Å². The number of amides is 1. The number of halogens is 1. The number of rotatable bonds is 5. The quantitative estimate of drug-likeness (QED) is 0.697. The van der Waals surface area contributed by atoms with Crippen molar-refractivity contribution in [2.24, 2.45) is 0 Å². The predicted molar refractivity (Wildman–Crippen MR) is 108 cm³/mol. The molecule has 0 bridgehead atoms. The zero-order chi connectivity index (χ0) is 19.3. The Labute approximate surface area is 162 Å². The molecule has 1 amide bonds. The number of hydrogen-bond donors (Lipinski definition) is 2. The Balaban J connectivity index is 1.43. The Morgan fingerprint density at radius 2 is 1.79 bits per heavy atom. The van der Waals surface area contributed by atoms with Gasteiger partial charge in [-0.3, -0.25) is 4.79 Å². The molecule has 0 radical (unpaired) electrons. The fraction of sp³-hybridized carbons (Fsp3) is 0.190. The summed E-state index contributed by atoms with van der Waals surface area (Å²) in [5, 5.41) is 5.74. The van der Waals surface area contributed by atoms with Crippen LogP contribution >= 0.6 is 0 Å². The van der Waals surface area contributed by atoms with Crippen LogP contribution in [0.4, 0.5) is 27.4 Å². The highest BCUT2D eigenvalue weighted by atomic mass is 19.1. The van der Waals surface area contributed by atoms with Gasteiger partial charge in [0.2, 0.25) is 5.95 Å². The van der Waals surface area contributed by atoms with E-state index in [0.717, 1.165) is 13.1 Å². The molecule has 2 heterocycles. The smallest absolute Gasteiger partial charge is 0.274 e. The topological polar surface area (TPSA) is 70.2 Å². The second-order valence-electron chi connectivity index (χ2n) is 6.60. The summed E-state index contributed by atoms with van der Waals surface area (Å²) < 4.78 is 13.3. The summed E-state index contributed by atoms with van der Waals surface area (Å²) in [4.78, 5) is 23.1. The number of benzene rings is 2. The van der Waals surface area contributed by atoms with Crippen molar-refractivity contribution < 1.29 is 9.18 Å². The molecule has 7 heteroatoms. The number of aromatic nitrogens is 2. The van der Waals surface area contributed by atoms with E-state index in [0.29, 0.717) is 11.4 Å². The van der Waals surface area contributed by atoms with Crippen LogP contribution in [0.5, 0.6) is 0 Å². The molecule has 142 valence electrons. The van der Waals surface area contributed by atoms with E-state index in [9.17, 15) is 9.18 Å². The molecule has 1 saturated heterocycles. The van der Waals surface area contributed by atoms with Crippen LogP contribution < -0.4 is 15.5 Å². The Kier molecular flexibility index (Phi) is 5.14. The lowest BCUT2D eigenvalue weighted by Gasteiger charge is -2.17. The standard InChI is InChI=1S/C21H20FN5O/c22-15-4-3-5-17(14-15)25-21-23-11-10-19(26-21)20(28)24-16-6-8-18(9-7-16)27-12-1-2-13-27/h3-11,14H,1-2,12-13H2,(H,24,28)(H,23,25,26). The van der Waals surface area contributed by atoms with E-state index in [-0.39, 0.29) is 23.4 Å². The van der Waals surface area contributed by atoms with Crippen molar-refractivity contribution in [3.8, 4) is 0 Å². The van der Waals surface area contributed by atoms with Crippen LogP contribution in [0.25, 0.3) is 0 Å². The minimum Gasteiger partial charge on any atom is -0.372 e. The summed E-state index contributed by atoms with van der Waals surface area (Å²) in [5.41, 5.74) is 2.60. The molecule has 0 saturated carbocycles. The summed E-state index contributed by atoms with van der Waals surface area (Å²) in [7, 11) is 0. The van der Waals surface area contributed by atoms with Crippen LogP contribution in [0.1, 0.15) is 23.3 Å². The van der Waals surface area contributed by atoms with Gasteiger partial charge in [-0.2, -0.15) is 0 Å². The first-order valence-electron chi connectivity index (χ1n) is 9.19. The number of carbonyl (C=O) groups is 1. The SMILES string of the molecule is O=C(Nc1ccc(N2CCCC2)cc1)c1ccnc(Nc2cccc(F)c2)n1. The molecule has 1 aliphatic heterocycles. The van der Waals surface area contributed by atoms with Gasteiger partial charge in [-0.1, -0.05) is 6.07 Å². The molecule has 1 fully saturated rings. The lowest BCUT2D eigenvalue weighted by Crippen LogP contribution is -2.18. The first-order chi connectivity index (χ1) is 13.7. The summed E-state index contributed by atoms with van der Waals surface area (Å²) >= 11 is 0.